The number of rotatable bonds is 2. The van der Waals surface area contributed by atoms with E-state index in [0.717, 1.165) is 6.07 Å². The van der Waals surface area contributed by atoms with E-state index < -0.39 is 17.5 Å². The second-order valence-corrected chi connectivity index (χ2v) is 2.57. The van der Waals surface area contributed by atoms with Crippen LogP contribution in [0, 0.1) is 5.82 Å². The van der Waals surface area contributed by atoms with E-state index in [-0.39, 0.29) is 6.61 Å². The van der Waals surface area contributed by atoms with Gasteiger partial charge in [0, 0.05) is 6.92 Å². The molecule has 0 bridgehead atoms. The van der Waals surface area contributed by atoms with Gasteiger partial charge < -0.3 is 9.84 Å². The summed E-state index contributed by atoms with van der Waals surface area (Å²) in [7, 11) is 0. The Morgan fingerprint density at radius 2 is 2.31 bits per heavy atom. The van der Waals surface area contributed by atoms with Gasteiger partial charge in [0.05, 0.1) is 0 Å². The smallest absolute Gasteiger partial charge is 0.302 e. The Morgan fingerprint density at radius 3 is 2.85 bits per heavy atom. The van der Waals surface area contributed by atoms with E-state index in [1.54, 1.807) is 0 Å². The van der Waals surface area contributed by atoms with Gasteiger partial charge >= 0.3 is 5.97 Å². The number of benzene rings is 1. The van der Waals surface area contributed by atoms with Crippen LogP contribution in [-0.4, -0.2) is 11.1 Å². The van der Waals surface area contributed by atoms with Crippen molar-refractivity contribution in [2.45, 2.75) is 13.5 Å². The summed E-state index contributed by atoms with van der Waals surface area (Å²) in [4.78, 5) is 10.4. The Labute approximate surface area is 74.8 Å². The van der Waals surface area contributed by atoms with Gasteiger partial charge in [-0.1, -0.05) is 6.07 Å². The third-order valence-electron chi connectivity index (χ3n) is 1.45. The van der Waals surface area contributed by atoms with E-state index in [0.29, 0.717) is 5.56 Å². The molecule has 0 amide bonds. The number of ether oxygens (including phenoxy) is 1. The van der Waals surface area contributed by atoms with Crippen LogP contribution < -0.4 is 0 Å². The van der Waals surface area contributed by atoms with Gasteiger partial charge in [0.25, 0.3) is 0 Å². The van der Waals surface area contributed by atoms with Gasteiger partial charge in [0.15, 0.2) is 11.6 Å². The van der Waals surface area contributed by atoms with Crippen LogP contribution in [0.1, 0.15) is 12.5 Å². The van der Waals surface area contributed by atoms with Gasteiger partial charge in [0.2, 0.25) is 0 Å². The highest BCUT2D eigenvalue weighted by Crippen LogP contribution is 2.16. The van der Waals surface area contributed by atoms with Gasteiger partial charge in [-0.05, 0) is 17.7 Å². The molecule has 13 heavy (non-hydrogen) atoms. The third kappa shape index (κ3) is 2.74. The van der Waals surface area contributed by atoms with Gasteiger partial charge in [-0.25, -0.2) is 4.39 Å². The van der Waals surface area contributed by atoms with Crippen molar-refractivity contribution in [3.8, 4) is 5.75 Å². The number of carbonyl (C=O) groups is 1. The molecule has 0 spiro atoms. The summed E-state index contributed by atoms with van der Waals surface area (Å²) in [5, 5.41) is 8.84. The lowest BCUT2D eigenvalue weighted by molar-refractivity contribution is -0.142. The Morgan fingerprint density at radius 1 is 1.62 bits per heavy atom. The fourth-order valence-electron chi connectivity index (χ4n) is 0.825. The predicted molar refractivity (Wildman–Crippen MR) is 43.5 cm³/mol. The molecular formula is C9H9FO3. The van der Waals surface area contributed by atoms with Crippen LogP contribution in [0.2, 0.25) is 0 Å². The lowest BCUT2D eigenvalue weighted by Gasteiger charge is -2.02. The van der Waals surface area contributed by atoms with Crippen molar-refractivity contribution in [3.05, 3.63) is 29.6 Å². The first-order chi connectivity index (χ1) is 6.09. The van der Waals surface area contributed by atoms with Crippen molar-refractivity contribution in [1.29, 1.82) is 0 Å². The average Bonchev–Trinajstić information content (AvgIpc) is 2.07. The van der Waals surface area contributed by atoms with Crippen LogP contribution in [0.25, 0.3) is 0 Å². The summed E-state index contributed by atoms with van der Waals surface area (Å²) in [6.45, 7) is 1.29. The maximum Gasteiger partial charge on any atom is 0.302 e. The van der Waals surface area contributed by atoms with E-state index in [4.69, 9.17) is 5.11 Å². The molecule has 4 heteroatoms. The third-order valence-corrected chi connectivity index (χ3v) is 1.45. The molecule has 70 valence electrons. The highest BCUT2D eigenvalue weighted by molar-refractivity contribution is 5.65. The lowest BCUT2D eigenvalue weighted by atomic mass is 10.2. The molecule has 0 aliphatic heterocycles. The van der Waals surface area contributed by atoms with Crippen molar-refractivity contribution in [3.63, 3.8) is 0 Å². The molecule has 0 aliphatic rings. The molecule has 3 nitrogen and oxygen atoms in total. The van der Waals surface area contributed by atoms with Gasteiger partial charge in [-0.2, -0.15) is 0 Å². The zero-order chi connectivity index (χ0) is 9.84. The van der Waals surface area contributed by atoms with Crippen LogP contribution >= 0.6 is 0 Å². The number of esters is 1. The van der Waals surface area contributed by atoms with Crippen molar-refractivity contribution in [2.75, 3.05) is 0 Å². The van der Waals surface area contributed by atoms with Gasteiger partial charge in [-0.15, -0.1) is 0 Å². The second-order valence-electron chi connectivity index (χ2n) is 2.57. The van der Waals surface area contributed by atoms with Crippen molar-refractivity contribution in [1.82, 2.24) is 0 Å². The van der Waals surface area contributed by atoms with Crippen LogP contribution in [0.4, 0.5) is 4.39 Å². The van der Waals surface area contributed by atoms with Crippen LogP contribution in [0.5, 0.6) is 5.75 Å². The molecule has 0 fully saturated rings. The summed E-state index contributed by atoms with van der Waals surface area (Å²) in [6.07, 6.45) is 0. The Balaban J connectivity index is 2.68. The van der Waals surface area contributed by atoms with E-state index in [9.17, 15) is 9.18 Å². The predicted octanol–water partition coefficient (Wildman–Crippen LogP) is 1.59. The number of hydrogen-bond donors (Lipinski definition) is 1. The normalized spacial score (nSPS) is 9.69. The molecule has 0 saturated heterocycles. The van der Waals surface area contributed by atoms with Crippen LogP contribution in [-0.2, 0) is 16.1 Å². The SMILES string of the molecule is CC(=O)OCc1ccc(O)c(F)c1. The molecule has 0 unspecified atom stereocenters. The molecular weight excluding hydrogens is 175 g/mol. The van der Waals surface area contributed by atoms with E-state index in [1.165, 1.54) is 19.1 Å². The summed E-state index contributed by atoms with van der Waals surface area (Å²) >= 11 is 0. The van der Waals surface area contributed by atoms with E-state index >= 15 is 0 Å². The molecule has 1 rings (SSSR count). The maximum absolute atomic E-state index is 12.7. The number of phenolic OH excluding ortho intramolecular Hbond substituents is 1. The first kappa shape index (κ1) is 9.51. The summed E-state index contributed by atoms with van der Waals surface area (Å²) in [5.41, 5.74) is 0.505. The number of phenols is 1. The molecule has 1 aromatic rings. The average molecular weight is 184 g/mol. The number of halogens is 1. The summed E-state index contributed by atoms with van der Waals surface area (Å²) < 4.78 is 17.3. The van der Waals surface area contributed by atoms with Gasteiger partial charge in [0.1, 0.15) is 6.61 Å². The Bertz CT molecular complexity index is 323. The van der Waals surface area contributed by atoms with Crippen molar-refractivity contribution in [2.24, 2.45) is 0 Å². The molecule has 0 heterocycles. The maximum atomic E-state index is 12.7. The second kappa shape index (κ2) is 3.89. The zero-order valence-corrected chi connectivity index (χ0v) is 7.08. The Kier molecular flexibility index (Phi) is 2.84. The first-order valence-electron chi connectivity index (χ1n) is 3.70. The lowest BCUT2D eigenvalue weighted by Crippen LogP contribution is -1.98. The fourth-order valence-corrected chi connectivity index (χ4v) is 0.825. The minimum Gasteiger partial charge on any atom is -0.505 e. The topological polar surface area (TPSA) is 46.5 Å². The highest BCUT2D eigenvalue weighted by Gasteiger charge is 2.02. The minimum atomic E-state index is -0.718. The summed E-state index contributed by atoms with van der Waals surface area (Å²) in [6, 6.07) is 3.83. The van der Waals surface area contributed by atoms with Crippen molar-refractivity contribution < 1.29 is 19.0 Å². The number of carbonyl (C=O) groups excluding carboxylic acids is 1. The molecule has 0 saturated carbocycles. The van der Waals surface area contributed by atoms with Gasteiger partial charge in [-0.3, -0.25) is 4.79 Å². The first-order valence-corrected chi connectivity index (χ1v) is 3.70. The Hall–Kier alpha value is -1.58. The molecule has 0 radical (unpaired) electrons. The largest absolute Gasteiger partial charge is 0.505 e. The summed E-state index contributed by atoms with van der Waals surface area (Å²) in [5.74, 6) is -1.55. The standard InChI is InChI=1S/C9H9FO3/c1-6(11)13-5-7-2-3-9(12)8(10)4-7/h2-4,12H,5H2,1H3. The quantitative estimate of drug-likeness (QED) is 0.710. The molecule has 1 N–H and O–H groups in total. The van der Waals surface area contributed by atoms with Crippen LogP contribution in [0.15, 0.2) is 18.2 Å². The number of aromatic hydroxyl groups is 1. The van der Waals surface area contributed by atoms with Crippen LogP contribution in [0.3, 0.4) is 0 Å². The fraction of sp³-hybridized carbons (Fsp3) is 0.222. The zero-order valence-electron chi connectivity index (χ0n) is 7.08. The highest BCUT2D eigenvalue weighted by atomic mass is 19.1. The molecule has 0 aliphatic carbocycles. The minimum absolute atomic E-state index is 0.0204. The molecule has 0 aromatic heterocycles. The molecule has 1 aromatic carbocycles. The van der Waals surface area contributed by atoms with E-state index in [2.05, 4.69) is 4.74 Å². The van der Waals surface area contributed by atoms with Crippen molar-refractivity contribution >= 4 is 5.97 Å². The molecule has 0 atom stereocenters. The monoisotopic (exact) mass is 184 g/mol. The van der Waals surface area contributed by atoms with E-state index in [1.807, 2.05) is 0 Å². The number of hydrogen-bond acceptors (Lipinski definition) is 3.